The van der Waals surface area contributed by atoms with Gasteiger partial charge in [0.15, 0.2) is 0 Å². The lowest BCUT2D eigenvalue weighted by atomic mass is 10.1. The zero-order valence-electron chi connectivity index (χ0n) is 9.82. The molecule has 0 bridgehead atoms. The van der Waals surface area contributed by atoms with Gasteiger partial charge in [-0.1, -0.05) is 42.5 Å². The molecule has 2 aromatic carbocycles. The van der Waals surface area contributed by atoms with E-state index in [9.17, 15) is 9.90 Å². The van der Waals surface area contributed by atoms with Crippen molar-refractivity contribution in [2.45, 2.75) is 11.0 Å². The Labute approximate surface area is 111 Å². The number of hydrogen-bond donors (Lipinski definition) is 1. The van der Waals surface area contributed by atoms with Crippen molar-refractivity contribution >= 4 is 18.0 Å². The van der Waals surface area contributed by atoms with Crippen LogP contribution in [0.4, 0.5) is 0 Å². The van der Waals surface area contributed by atoms with Gasteiger partial charge in [-0.25, -0.2) is 0 Å². The fourth-order valence-electron chi connectivity index (χ4n) is 1.62. The van der Waals surface area contributed by atoms with Crippen LogP contribution in [0.3, 0.4) is 0 Å². The molecule has 18 heavy (non-hydrogen) atoms. The van der Waals surface area contributed by atoms with Gasteiger partial charge in [0.1, 0.15) is 6.29 Å². The summed E-state index contributed by atoms with van der Waals surface area (Å²) in [4.78, 5) is 11.7. The summed E-state index contributed by atoms with van der Waals surface area (Å²) >= 11 is 1.54. The van der Waals surface area contributed by atoms with E-state index in [4.69, 9.17) is 0 Å². The number of carbonyl (C=O) groups excluding carboxylic acids is 1. The summed E-state index contributed by atoms with van der Waals surface area (Å²) in [6.45, 7) is 0. The molecule has 2 rings (SSSR count). The second-order valence-electron chi connectivity index (χ2n) is 3.93. The molecule has 0 radical (unpaired) electrons. The van der Waals surface area contributed by atoms with E-state index >= 15 is 0 Å². The van der Waals surface area contributed by atoms with Crippen LogP contribution in [-0.2, 0) is 0 Å². The van der Waals surface area contributed by atoms with E-state index in [1.807, 2.05) is 48.5 Å². The molecule has 0 aromatic heterocycles. The highest BCUT2D eigenvalue weighted by Gasteiger charge is 2.07. The Bertz CT molecular complexity index is 511. The highest BCUT2D eigenvalue weighted by atomic mass is 32.2. The second kappa shape index (κ2) is 6.38. The van der Waals surface area contributed by atoms with Gasteiger partial charge in [-0.05, 0) is 17.7 Å². The third kappa shape index (κ3) is 3.45. The summed E-state index contributed by atoms with van der Waals surface area (Å²) in [5.74, 6) is 0.576. The fraction of sp³-hybridized carbons (Fsp3) is 0.133. The SMILES string of the molecule is O=Cc1cccc(SCC(O)c2ccccc2)c1. The zero-order valence-corrected chi connectivity index (χ0v) is 10.6. The molecule has 92 valence electrons. The summed E-state index contributed by atoms with van der Waals surface area (Å²) in [5.41, 5.74) is 1.57. The van der Waals surface area contributed by atoms with Crippen molar-refractivity contribution in [3.63, 3.8) is 0 Å². The van der Waals surface area contributed by atoms with Gasteiger partial charge in [0.2, 0.25) is 0 Å². The van der Waals surface area contributed by atoms with Crippen LogP contribution < -0.4 is 0 Å². The highest BCUT2D eigenvalue weighted by molar-refractivity contribution is 7.99. The van der Waals surface area contributed by atoms with E-state index in [1.54, 1.807) is 17.8 Å². The molecule has 0 saturated carbocycles. The molecule has 1 unspecified atom stereocenters. The van der Waals surface area contributed by atoms with Crippen LogP contribution in [0, 0.1) is 0 Å². The first-order valence-electron chi connectivity index (χ1n) is 5.70. The predicted molar refractivity (Wildman–Crippen MR) is 74.0 cm³/mol. The first kappa shape index (κ1) is 12.9. The minimum atomic E-state index is -0.490. The summed E-state index contributed by atoms with van der Waals surface area (Å²) in [5, 5.41) is 10.0. The third-order valence-corrected chi connectivity index (χ3v) is 3.66. The van der Waals surface area contributed by atoms with Gasteiger partial charge >= 0.3 is 0 Å². The van der Waals surface area contributed by atoms with Crippen molar-refractivity contribution in [1.29, 1.82) is 0 Å². The minimum Gasteiger partial charge on any atom is -0.388 e. The van der Waals surface area contributed by atoms with Crippen LogP contribution in [0.15, 0.2) is 59.5 Å². The second-order valence-corrected chi connectivity index (χ2v) is 5.02. The molecule has 0 aliphatic rings. The lowest BCUT2D eigenvalue weighted by Gasteiger charge is -2.10. The van der Waals surface area contributed by atoms with E-state index in [0.717, 1.165) is 16.7 Å². The average Bonchev–Trinajstić information content (AvgIpc) is 2.46. The molecular weight excluding hydrogens is 244 g/mol. The van der Waals surface area contributed by atoms with Gasteiger partial charge in [-0.15, -0.1) is 11.8 Å². The Hall–Kier alpha value is -1.58. The maximum Gasteiger partial charge on any atom is 0.150 e. The maximum atomic E-state index is 10.7. The number of rotatable bonds is 5. The molecule has 1 atom stereocenters. The number of thioether (sulfide) groups is 1. The largest absolute Gasteiger partial charge is 0.388 e. The lowest BCUT2D eigenvalue weighted by molar-refractivity contribution is 0.112. The Morgan fingerprint density at radius 3 is 2.61 bits per heavy atom. The quantitative estimate of drug-likeness (QED) is 0.660. The number of aliphatic hydroxyl groups is 1. The van der Waals surface area contributed by atoms with Gasteiger partial charge < -0.3 is 5.11 Å². The van der Waals surface area contributed by atoms with E-state index in [-0.39, 0.29) is 0 Å². The summed E-state index contributed by atoms with van der Waals surface area (Å²) in [6, 6.07) is 17.0. The van der Waals surface area contributed by atoms with E-state index < -0.39 is 6.10 Å². The van der Waals surface area contributed by atoms with Crippen LogP contribution in [0.1, 0.15) is 22.0 Å². The van der Waals surface area contributed by atoms with Gasteiger partial charge in [-0.3, -0.25) is 4.79 Å². The summed E-state index contributed by atoms with van der Waals surface area (Å²) < 4.78 is 0. The lowest BCUT2D eigenvalue weighted by Crippen LogP contribution is -1.99. The minimum absolute atomic E-state index is 0.490. The van der Waals surface area contributed by atoms with E-state index in [2.05, 4.69) is 0 Å². The summed E-state index contributed by atoms with van der Waals surface area (Å²) in [6.07, 6.45) is 0.341. The molecule has 1 N–H and O–H groups in total. The number of aliphatic hydroxyl groups excluding tert-OH is 1. The molecule has 3 heteroatoms. The van der Waals surface area contributed by atoms with Gasteiger partial charge in [0.25, 0.3) is 0 Å². The molecule has 2 nitrogen and oxygen atoms in total. The molecule has 0 heterocycles. The van der Waals surface area contributed by atoms with Gasteiger partial charge in [0, 0.05) is 16.2 Å². The first-order chi connectivity index (χ1) is 8.79. The van der Waals surface area contributed by atoms with Crippen LogP contribution in [-0.4, -0.2) is 17.1 Å². The first-order valence-corrected chi connectivity index (χ1v) is 6.69. The Balaban J connectivity index is 1.97. The molecule has 0 spiro atoms. The molecule has 0 aliphatic carbocycles. The molecule has 2 aromatic rings. The van der Waals surface area contributed by atoms with Crippen LogP contribution in [0.2, 0.25) is 0 Å². The van der Waals surface area contributed by atoms with Crippen molar-refractivity contribution in [2.24, 2.45) is 0 Å². The third-order valence-electron chi connectivity index (χ3n) is 2.59. The monoisotopic (exact) mass is 258 g/mol. The van der Waals surface area contributed by atoms with Crippen molar-refractivity contribution in [2.75, 3.05) is 5.75 Å². The molecule has 0 aliphatic heterocycles. The average molecular weight is 258 g/mol. The molecule has 0 fully saturated rings. The molecule has 0 amide bonds. The zero-order chi connectivity index (χ0) is 12.8. The van der Waals surface area contributed by atoms with Crippen molar-refractivity contribution < 1.29 is 9.90 Å². The predicted octanol–water partition coefficient (Wildman–Crippen LogP) is 3.32. The normalized spacial score (nSPS) is 12.1. The van der Waals surface area contributed by atoms with Crippen LogP contribution in [0.5, 0.6) is 0 Å². The van der Waals surface area contributed by atoms with Crippen LogP contribution >= 0.6 is 11.8 Å². The van der Waals surface area contributed by atoms with Crippen molar-refractivity contribution in [3.05, 3.63) is 65.7 Å². The Morgan fingerprint density at radius 1 is 1.11 bits per heavy atom. The van der Waals surface area contributed by atoms with E-state index in [1.165, 1.54) is 0 Å². The topological polar surface area (TPSA) is 37.3 Å². The highest BCUT2D eigenvalue weighted by Crippen LogP contribution is 2.24. The van der Waals surface area contributed by atoms with Crippen LogP contribution in [0.25, 0.3) is 0 Å². The number of hydrogen-bond acceptors (Lipinski definition) is 3. The molecular formula is C15H14O2S. The number of aldehydes is 1. The van der Waals surface area contributed by atoms with Gasteiger partial charge in [-0.2, -0.15) is 0 Å². The Kier molecular flexibility index (Phi) is 4.56. The molecule has 0 saturated heterocycles. The summed E-state index contributed by atoms with van der Waals surface area (Å²) in [7, 11) is 0. The smallest absolute Gasteiger partial charge is 0.150 e. The van der Waals surface area contributed by atoms with Crippen molar-refractivity contribution in [3.8, 4) is 0 Å². The Morgan fingerprint density at radius 2 is 1.89 bits per heavy atom. The maximum absolute atomic E-state index is 10.7. The fourth-order valence-corrected chi connectivity index (χ4v) is 2.56. The standard InChI is InChI=1S/C15H14O2S/c16-10-12-5-4-8-14(9-12)18-11-15(17)13-6-2-1-3-7-13/h1-10,15,17H,11H2. The number of carbonyl (C=O) groups is 1. The van der Waals surface area contributed by atoms with Crippen molar-refractivity contribution in [1.82, 2.24) is 0 Å². The van der Waals surface area contributed by atoms with E-state index in [0.29, 0.717) is 11.3 Å². The number of benzene rings is 2. The van der Waals surface area contributed by atoms with Gasteiger partial charge in [0.05, 0.1) is 6.10 Å².